The number of halogens is 2. The van der Waals surface area contributed by atoms with Gasteiger partial charge in [0.25, 0.3) is 5.91 Å². The Morgan fingerprint density at radius 2 is 2.29 bits per heavy atom. The van der Waals surface area contributed by atoms with Crippen LogP contribution in [-0.4, -0.2) is 15.7 Å². The minimum absolute atomic E-state index is 0.0583. The Bertz CT molecular complexity index is 678. The van der Waals surface area contributed by atoms with Gasteiger partial charge in [-0.2, -0.15) is 5.10 Å². The molecule has 1 atom stereocenters. The highest BCUT2D eigenvalue weighted by Gasteiger charge is 2.25. The third-order valence-corrected chi connectivity index (χ3v) is 4.26. The summed E-state index contributed by atoms with van der Waals surface area (Å²) in [5, 5.41) is 7.23. The van der Waals surface area contributed by atoms with E-state index in [0.29, 0.717) is 10.0 Å². The highest BCUT2D eigenvalue weighted by molar-refractivity contribution is 9.10. The summed E-state index contributed by atoms with van der Waals surface area (Å²) in [6, 6.07) is 4.13. The molecule has 1 aromatic heterocycles. The van der Waals surface area contributed by atoms with E-state index in [1.165, 1.54) is 12.1 Å². The molecule has 0 bridgehead atoms. The summed E-state index contributed by atoms with van der Waals surface area (Å²) >= 11 is 3.20. The number of carbonyl (C=O) groups is 1. The van der Waals surface area contributed by atoms with E-state index in [2.05, 4.69) is 26.3 Å². The third-order valence-electron chi connectivity index (χ3n) is 3.81. The third kappa shape index (κ3) is 2.85. The van der Waals surface area contributed by atoms with Gasteiger partial charge in [-0.25, -0.2) is 4.39 Å². The van der Waals surface area contributed by atoms with E-state index in [1.807, 2.05) is 11.7 Å². The fourth-order valence-electron chi connectivity index (χ4n) is 2.78. The number of hydrogen-bond donors (Lipinski definition) is 1. The number of amides is 1. The fraction of sp³-hybridized carbons (Fsp3) is 0.333. The van der Waals surface area contributed by atoms with Gasteiger partial charge in [-0.3, -0.25) is 9.48 Å². The van der Waals surface area contributed by atoms with Crippen LogP contribution in [-0.2, 0) is 13.5 Å². The number of hydrogen-bond acceptors (Lipinski definition) is 2. The number of nitrogens with zero attached hydrogens (tertiary/aromatic N) is 2. The molecule has 1 aliphatic carbocycles. The average molecular weight is 352 g/mol. The zero-order chi connectivity index (χ0) is 15.0. The van der Waals surface area contributed by atoms with Gasteiger partial charge >= 0.3 is 0 Å². The van der Waals surface area contributed by atoms with E-state index in [4.69, 9.17) is 0 Å². The van der Waals surface area contributed by atoms with Crippen molar-refractivity contribution in [2.24, 2.45) is 7.05 Å². The molecule has 0 spiro atoms. The highest BCUT2D eigenvalue weighted by atomic mass is 79.9. The maximum atomic E-state index is 13.4. The van der Waals surface area contributed by atoms with Crippen LogP contribution in [0.2, 0.25) is 0 Å². The van der Waals surface area contributed by atoms with Gasteiger partial charge in [0.2, 0.25) is 0 Å². The summed E-state index contributed by atoms with van der Waals surface area (Å²) in [6.07, 6.45) is 4.66. The smallest absolute Gasteiger partial charge is 0.251 e. The Morgan fingerprint density at radius 3 is 3.05 bits per heavy atom. The van der Waals surface area contributed by atoms with Gasteiger partial charge in [0.05, 0.1) is 12.2 Å². The SMILES string of the molecule is Cn1ncc2c1CCCC2NC(=O)c1cc(F)cc(Br)c1. The molecule has 0 aliphatic heterocycles. The lowest BCUT2D eigenvalue weighted by Gasteiger charge is -2.23. The van der Waals surface area contributed by atoms with Crippen LogP contribution in [0.25, 0.3) is 0 Å². The number of nitrogens with one attached hydrogen (secondary N) is 1. The zero-order valence-corrected chi connectivity index (χ0v) is 13.2. The van der Waals surface area contributed by atoms with Gasteiger partial charge in [-0.05, 0) is 37.5 Å². The summed E-state index contributed by atoms with van der Waals surface area (Å²) in [4.78, 5) is 12.3. The lowest BCUT2D eigenvalue weighted by molar-refractivity contribution is 0.0932. The van der Waals surface area contributed by atoms with Gasteiger partial charge in [-0.15, -0.1) is 0 Å². The second-order valence-corrected chi connectivity index (χ2v) is 6.16. The lowest BCUT2D eigenvalue weighted by atomic mass is 9.93. The van der Waals surface area contributed by atoms with Gasteiger partial charge in [0, 0.05) is 28.3 Å². The van der Waals surface area contributed by atoms with Crippen LogP contribution in [0, 0.1) is 5.82 Å². The van der Waals surface area contributed by atoms with Crippen molar-refractivity contribution in [2.45, 2.75) is 25.3 Å². The largest absolute Gasteiger partial charge is 0.345 e. The number of rotatable bonds is 2. The molecule has 6 heteroatoms. The molecular formula is C15H15BrFN3O. The molecule has 0 saturated carbocycles. The summed E-state index contributed by atoms with van der Waals surface area (Å²) in [5.41, 5.74) is 2.54. The van der Waals surface area contributed by atoms with E-state index in [1.54, 1.807) is 12.3 Å². The second kappa shape index (κ2) is 5.60. The van der Waals surface area contributed by atoms with Crippen LogP contribution in [0.4, 0.5) is 4.39 Å². The molecule has 1 heterocycles. The number of aryl methyl sites for hydroxylation is 1. The monoisotopic (exact) mass is 351 g/mol. The molecule has 0 saturated heterocycles. The minimum atomic E-state index is -0.430. The van der Waals surface area contributed by atoms with Crippen molar-refractivity contribution in [2.75, 3.05) is 0 Å². The van der Waals surface area contributed by atoms with Crippen molar-refractivity contribution in [3.05, 3.63) is 51.5 Å². The topological polar surface area (TPSA) is 46.9 Å². The van der Waals surface area contributed by atoms with Gasteiger partial charge in [0.1, 0.15) is 5.82 Å². The Kier molecular flexibility index (Phi) is 3.80. The molecule has 3 rings (SSSR count). The maximum absolute atomic E-state index is 13.4. The van der Waals surface area contributed by atoms with Crippen molar-refractivity contribution in [3.63, 3.8) is 0 Å². The summed E-state index contributed by atoms with van der Waals surface area (Å²) in [5.74, 6) is -0.697. The fourth-order valence-corrected chi connectivity index (χ4v) is 3.25. The van der Waals surface area contributed by atoms with Crippen molar-refractivity contribution in [3.8, 4) is 0 Å². The average Bonchev–Trinajstić information content (AvgIpc) is 2.81. The van der Waals surface area contributed by atoms with E-state index in [-0.39, 0.29) is 11.9 Å². The predicted molar refractivity (Wildman–Crippen MR) is 80.5 cm³/mol. The van der Waals surface area contributed by atoms with Crippen LogP contribution in [0.3, 0.4) is 0 Å². The van der Waals surface area contributed by atoms with E-state index < -0.39 is 5.82 Å². The van der Waals surface area contributed by atoms with Gasteiger partial charge in [-0.1, -0.05) is 15.9 Å². The molecule has 0 radical (unpaired) electrons. The molecule has 1 aromatic carbocycles. The van der Waals surface area contributed by atoms with Crippen LogP contribution in [0.15, 0.2) is 28.9 Å². The van der Waals surface area contributed by atoms with Crippen LogP contribution >= 0.6 is 15.9 Å². The van der Waals surface area contributed by atoms with Crippen molar-refractivity contribution >= 4 is 21.8 Å². The first kappa shape index (κ1) is 14.3. The first-order chi connectivity index (χ1) is 10.0. The Hall–Kier alpha value is -1.69. The van der Waals surface area contributed by atoms with Gasteiger partial charge < -0.3 is 5.32 Å². The van der Waals surface area contributed by atoms with Gasteiger partial charge in [0.15, 0.2) is 0 Å². The molecule has 4 nitrogen and oxygen atoms in total. The highest BCUT2D eigenvalue weighted by Crippen LogP contribution is 2.29. The molecule has 1 unspecified atom stereocenters. The molecular weight excluding hydrogens is 337 g/mol. The minimum Gasteiger partial charge on any atom is -0.345 e. The van der Waals surface area contributed by atoms with E-state index in [9.17, 15) is 9.18 Å². The maximum Gasteiger partial charge on any atom is 0.251 e. The normalized spacial score (nSPS) is 17.4. The Balaban J connectivity index is 1.82. The van der Waals surface area contributed by atoms with Crippen LogP contribution < -0.4 is 5.32 Å². The van der Waals surface area contributed by atoms with E-state index in [0.717, 1.165) is 30.5 Å². The molecule has 0 fully saturated rings. The first-order valence-electron chi connectivity index (χ1n) is 6.82. The summed E-state index contributed by atoms with van der Waals surface area (Å²) in [7, 11) is 1.91. The standard InChI is InChI=1S/C15H15BrFN3O/c1-20-14-4-2-3-13(12(14)8-18-20)19-15(21)9-5-10(16)7-11(17)6-9/h5-8,13H,2-4H2,1H3,(H,19,21). The molecule has 110 valence electrons. The molecule has 1 aliphatic rings. The Morgan fingerprint density at radius 1 is 1.48 bits per heavy atom. The Labute approximate surface area is 130 Å². The van der Waals surface area contributed by atoms with Crippen molar-refractivity contribution in [1.29, 1.82) is 0 Å². The molecule has 21 heavy (non-hydrogen) atoms. The quantitative estimate of drug-likeness (QED) is 0.903. The number of aromatic nitrogens is 2. The summed E-state index contributed by atoms with van der Waals surface area (Å²) < 4.78 is 15.8. The second-order valence-electron chi connectivity index (χ2n) is 5.25. The lowest BCUT2D eigenvalue weighted by Crippen LogP contribution is -2.31. The number of benzene rings is 1. The van der Waals surface area contributed by atoms with Crippen molar-refractivity contribution < 1.29 is 9.18 Å². The number of fused-ring (bicyclic) bond motifs is 1. The molecule has 1 amide bonds. The predicted octanol–water partition coefficient (Wildman–Crippen LogP) is 3.13. The summed E-state index contributed by atoms with van der Waals surface area (Å²) in [6.45, 7) is 0. The van der Waals surface area contributed by atoms with Crippen LogP contribution in [0.5, 0.6) is 0 Å². The zero-order valence-electron chi connectivity index (χ0n) is 11.6. The van der Waals surface area contributed by atoms with E-state index >= 15 is 0 Å². The molecule has 1 N–H and O–H groups in total. The number of carbonyl (C=O) groups excluding carboxylic acids is 1. The molecule has 2 aromatic rings. The first-order valence-corrected chi connectivity index (χ1v) is 7.61. The van der Waals surface area contributed by atoms with Crippen LogP contribution in [0.1, 0.15) is 40.5 Å². The van der Waals surface area contributed by atoms with Crippen molar-refractivity contribution in [1.82, 2.24) is 15.1 Å².